The monoisotopic (exact) mass is 357 g/mol. The summed E-state index contributed by atoms with van der Waals surface area (Å²) in [5.74, 6) is 0.703. The molecule has 1 aromatic heterocycles. The fourth-order valence-corrected chi connectivity index (χ4v) is 3.75. The molecule has 2 aromatic rings. The zero-order valence-electron chi connectivity index (χ0n) is 14.5. The van der Waals surface area contributed by atoms with Crippen LogP contribution in [0.3, 0.4) is 0 Å². The van der Waals surface area contributed by atoms with Crippen LogP contribution in [0.1, 0.15) is 42.5 Å². The highest BCUT2D eigenvalue weighted by atomic mass is 16.5. The Kier molecular flexibility index (Phi) is 4.50. The molecule has 2 aliphatic rings. The summed E-state index contributed by atoms with van der Waals surface area (Å²) in [7, 11) is 0. The Hall–Kier alpha value is -2.25. The summed E-state index contributed by atoms with van der Waals surface area (Å²) in [5.41, 5.74) is -0.325. The first-order valence-corrected chi connectivity index (χ1v) is 9.07. The molecule has 0 spiro atoms. The Morgan fingerprint density at radius 3 is 2.73 bits per heavy atom. The van der Waals surface area contributed by atoms with E-state index in [1.807, 2.05) is 35.2 Å². The minimum absolute atomic E-state index is 0.256. The molecule has 4 rings (SSSR count). The van der Waals surface area contributed by atoms with Crippen molar-refractivity contribution in [2.45, 2.75) is 44.2 Å². The molecule has 1 saturated carbocycles. The van der Waals surface area contributed by atoms with Crippen molar-refractivity contribution >= 4 is 5.97 Å². The summed E-state index contributed by atoms with van der Waals surface area (Å²) in [6, 6.07) is 9.47. The molecule has 1 saturated heterocycles. The topological polar surface area (TPSA) is 99.7 Å². The van der Waals surface area contributed by atoms with Crippen molar-refractivity contribution in [1.82, 2.24) is 15.0 Å². The second-order valence-corrected chi connectivity index (χ2v) is 7.46. The minimum Gasteiger partial charge on any atom is -0.481 e. The van der Waals surface area contributed by atoms with Gasteiger partial charge in [0.1, 0.15) is 5.41 Å². The second-order valence-electron chi connectivity index (χ2n) is 7.46. The van der Waals surface area contributed by atoms with Crippen LogP contribution >= 0.6 is 0 Å². The van der Waals surface area contributed by atoms with Gasteiger partial charge in [0.05, 0.1) is 12.6 Å². The number of hydrogen-bond acceptors (Lipinski definition) is 6. The van der Waals surface area contributed by atoms with Crippen LogP contribution in [0.4, 0.5) is 0 Å². The number of aromatic nitrogens is 2. The smallest absolute Gasteiger partial charge is 0.313 e. The van der Waals surface area contributed by atoms with Crippen LogP contribution in [0.15, 0.2) is 34.9 Å². The van der Waals surface area contributed by atoms with Crippen LogP contribution in [-0.4, -0.2) is 50.4 Å². The maximum Gasteiger partial charge on any atom is 0.313 e. The van der Waals surface area contributed by atoms with Crippen molar-refractivity contribution in [2.24, 2.45) is 5.41 Å². The summed E-state index contributed by atoms with van der Waals surface area (Å²) in [6.45, 7) is 1.30. The highest BCUT2D eigenvalue weighted by Crippen LogP contribution is 2.39. The van der Waals surface area contributed by atoms with Crippen LogP contribution in [0.2, 0.25) is 0 Å². The molecule has 7 heteroatoms. The van der Waals surface area contributed by atoms with E-state index in [1.54, 1.807) is 0 Å². The van der Waals surface area contributed by atoms with E-state index in [2.05, 4.69) is 10.1 Å². The molecule has 1 aliphatic carbocycles. The van der Waals surface area contributed by atoms with Crippen molar-refractivity contribution < 1.29 is 19.5 Å². The maximum atomic E-state index is 12.2. The number of nitrogens with zero attached hydrogens (tertiary/aromatic N) is 3. The van der Waals surface area contributed by atoms with Gasteiger partial charge in [-0.2, -0.15) is 4.98 Å². The normalized spacial score (nSPS) is 26.7. The fraction of sp³-hybridized carbons (Fsp3) is 0.526. The lowest BCUT2D eigenvalue weighted by Crippen LogP contribution is -2.56. The van der Waals surface area contributed by atoms with Crippen LogP contribution in [-0.2, 0) is 17.8 Å². The first kappa shape index (κ1) is 17.2. The molecule has 0 unspecified atom stereocenters. The molecule has 26 heavy (non-hydrogen) atoms. The first-order chi connectivity index (χ1) is 12.6. The van der Waals surface area contributed by atoms with E-state index in [-0.39, 0.29) is 6.54 Å². The number of carboxylic acid groups (broad SMARTS) is 1. The lowest BCUT2D eigenvalue weighted by atomic mass is 9.73. The number of aliphatic carboxylic acids is 1. The fourth-order valence-electron chi connectivity index (χ4n) is 3.75. The third-order valence-corrected chi connectivity index (χ3v) is 5.43. The molecule has 138 valence electrons. The van der Waals surface area contributed by atoms with Gasteiger partial charge in [0, 0.05) is 19.0 Å². The summed E-state index contributed by atoms with van der Waals surface area (Å²) < 4.78 is 5.29. The molecule has 1 aromatic carbocycles. The van der Waals surface area contributed by atoms with Gasteiger partial charge in [-0.25, -0.2) is 0 Å². The van der Waals surface area contributed by atoms with Gasteiger partial charge >= 0.3 is 5.97 Å². The Bertz CT molecular complexity index is 774. The zero-order valence-corrected chi connectivity index (χ0v) is 14.5. The van der Waals surface area contributed by atoms with E-state index >= 15 is 0 Å². The number of carboxylic acids is 1. The average molecular weight is 357 g/mol. The van der Waals surface area contributed by atoms with Crippen molar-refractivity contribution in [3.8, 4) is 0 Å². The Balaban J connectivity index is 1.51. The molecule has 2 N–H and O–H groups in total. The third-order valence-electron chi connectivity index (χ3n) is 5.43. The number of carbonyl (C=O) groups is 1. The molecule has 2 fully saturated rings. The van der Waals surface area contributed by atoms with Crippen LogP contribution in [0.25, 0.3) is 0 Å². The summed E-state index contributed by atoms with van der Waals surface area (Å²) in [5, 5.41) is 24.5. The SMILES string of the molecule is O=C(O)[C@@]1(Cc2ccccc2)CN(Cc2noc(C3CC3)n2)CC[C@@H]1O. The van der Waals surface area contributed by atoms with Gasteiger partial charge in [-0.3, -0.25) is 9.69 Å². The highest BCUT2D eigenvalue weighted by molar-refractivity contribution is 5.76. The van der Waals surface area contributed by atoms with E-state index in [1.165, 1.54) is 0 Å². The van der Waals surface area contributed by atoms with Crippen molar-refractivity contribution in [1.29, 1.82) is 0 Å². The van der Waals surface area contributed by atoms with Gasteiger partial charge in [0.2, 0.25) is 5.89 Å². The quantitative estimate of drug-likeness (QED) is 0.813. The standard InChI is InChI=1S/C19H23N3O4/c23-15-8-9-22(11-16-20-17(26-21-16)14-6-7-14)12-19(15,18(24)25)10-13-4-2-1-3-5-13/h1-5,14-15,23H,6-12H2,(H,24,25)/t15-,19-/m0/s1. The summed E-state index contributed by atoms with van der Waals surface area (Å²) in [6.07, 6.45) is 2.00. The van der Waals surface area contributed by atoms with Gasteiger partial charge in [0.25, 0.3) is 0 Å². The average Bonchev–Trinajstić information content (AvgIpc) is 3.38. The lowest BCUT2D eigenvalue weighted by molar-refractivity contribution is -0.163. The van der Waals surface area contributed by atoms with Crippen LogP contribution in [0.5, 0.6) is 0 Å². The summed E-state index contributed by atoms with van der Waals surface area (Å²) >= 11 is 0. The number of likely N-dealkylation sites (tertiary alicyclic amines) is 1. The van der Waals surface area contributed by atoms with E-state index in [0.717, 1.165) is 18.4 Å². The van der Waals surface area contributed by atoms with Crippen molar-refractivity contribution in [3.63, 3.8) is 0 Å². The Labute approximate surface area is 151 Å². The molecular formula is C19H23N3O4. The molecule has 1 aliphatic heterocycles. The number of piperidine rings is 1. The van der Waals surface area contributed by atoms with Crippen molar-refractivity contribution in [3.05, 3.63) is 47.6 Å². The largest absolute Gasteiger partial charge is 0.481 e. The van der Waals surface area contributed by atoms with E-state index in [4.69, 9.17) is 4.52 Å². The molecule has 2 atom stereocenters. The number of hydrogen-bond donors (Lipinski definition) is 2. The molecule has 0 radical (unpaired) electrons. The Morgan fingerprint density at radius 2 is 2.04 bits per heavy atom. The van der Waals surface area contributed by atoms with E-state index in [9.17, 15) is 15.0 Å². The predicted octanol–water partition coefficient (Wildman–Crippen LogP) is 1.83. The highest BCUT2D eigenvalue weighted by Gasteiger charge is 2.49. The molecule has 2 heterocycles. The van der Waals surface area contributed by atoms with E-state index < -0.39 is 17.5 Å². The number of benzene rings is 1. The maximum absolute atomic E-state index is 12.2. The van der Waals surface area contributed by atoms with Crippen LogP contribution in [0, 0.1) is 5.41 Å². The summed E-state index contributed by atoms with van der Waals surface area (Å²) in [4.78, 5) is 18.6. The minimum atomic E-state index is -1.23. The number of aliphatic hydroxyl groups excluding tert-OH is 1. The molecule has 0 amide bonds. The van der Waals surface area contributed by atoms with Gasteiger partial charge < -0.3 is 14.7 Å². The Morgan fingerprint density at radius 1 is 1.27 bits per heavy atom. The third kappa shape index (κ3) is 3.37. The van der Waals surface area contributed by atoms with Gasteiger partial charge in [-0.05, 0) is 31.2 Å². The van der Waals surface area contributed by atoms with Crippen molar-refractivity contribution in [2.75, 3.05) is 13.1 Å². The van der Waals surface area contributed by atoms with E-state index in [0.29, 0.717) is 43.6 Å². The molecular weight excluding hydrogens is 334 g/mol. The first-order valence-electron chi connectivity index (χ1n) is 9.07. The number of rotatable bonds is 6. The van der Waals surface area contributed by atoms with Gasteiger partial charge in [0.15, 0.2) is 5.82 Å². The molecule has 7 nitrogen and oxygen atoms in total. The molecule has 0 bridgehead atoms. The lowest BCUT2D eigenvalue weighted by Gasteiger charge is -2.43. The predicted molar refractivity (Wildman–Crippen MR) is 92.4 cm³/mol. The van der Waals surface area contributed by atoms with Gasteiger partial charge in [-0.1, -0.05) is 35.5 Å². The van der Waals surface area contributed by atoms with Crippen LogP contribution < -0.4 is 0 Å². The number of aliphatic hydroxyl groups is 1. The zero-order chi connectivity index (χ0) is 18.1. The second kappa shape index (κ2) is 6.81. The van der Waals surface area contributed by atoms with Gasteiger partial charge in [-0.15, -0.1) is 0 Å².